The molecular weight excluding hydrogens is 480 g/mol. The van der Waals surface area contributed by atoms with E-state index in [9.17, 15) is 14.7 Å². The molecule has 4 rings (SSSR count). The van der Waals surface area contributed by atoms with Crippen LogP contribution in [0.15, 0.2) is 89.0 Å². The number of hydrogen-bond donors (Lipinski definition) is 2. The van der Waals surface area contributed by atoms with Crippen LogP contribution in [0.4, 0.5) is 11.4 Å². The summed E-state index contributed by atoms with van der Waals surface area (Å²) in [6.45, 7) is 3.48. The quantitative estimate of drug-likeness (QED) is 0.451. The van der Waals surface area contributed by atoms with Crippen molar-refractivity contribution >= 4 is 46.4 Å². The summed E-state index contributed by atoms with van der Waals surface area (Å²) in [7, 11) is 0. The van der Waals surface area contributed by atoms with E-state index in [1.165, 1.54) is 0 Å². The predicted octanol–water partition coefficient (Wildman–Crippen LogP) is 6.46. The number of amides is 1. The molecule has 2 N–H and O–H groups in total. The van der Waals surface area contributed by atoms with E-state index in [4.69, 9.17) is 11.6 Å². The maximum atomic E-state index is 12.8. The Morgan fingerprint density at radius 1 is 1.23 bits per heavy atom. The lowest BCUT2D eigenvalue weighted by Gasteiger charge is -2.23. The summed E-state index contributed by atoms with van der Waals surface area (Å²) in [4.78, 5) is 27.5. The van der Waals surface area contributed by atoms with Crippen molar-refractivity contribution in [2.45, 2.75) is 38.7 Å². The fourth-order valence-corrected chi connectivity index (χ4v) is 4.97. The van der Waals surface area contributed by atoms with Crippen LogP contribution in [0, 0.1) is 0 Å². The summed E-state index contributed by atoms with van der Waals surface area (Å²) in [6, 6.07) is 13.1. The zero-order valence-electron chi connectivity index (χ0n) is 19.6. The van der Waals surface area contributed by atoms with Gasteiger partial charge in [-0.2, -0.15) is 0 Å². The van der Waals surface area contributed by atoms with Gasteiger partial charge in [0.15, 0.2) is 5.78 Å². The average Bonchev–Trinajstić information content (AvgIpc) is 2.84. The lowest BCUT2D eigenvalue weighted by atomic mass is 9.91. The molecule has 1 heterocycles. The molecule has 1 aliphatic carbocycles. The summed E-state index contributed by atoms with van der Waals surface area (Å²) in [6.07, 6.45) is 10.4. The van der Waals surface area contributed by atoms with E-state index < -0.39 is 5.60 Å². The van der Waals surface area contributed by atoms with Crippen molar-refractivity contribution in [3.8, 4) is 0 Å². The number of nitrogens with zero attached hydrogens (tertiary/aromatic N) is 1. The number of anilines is 2. The van der Waals surface area contributed by atoms with Crippen LogP contribution in [-0.2, 0) is 21.6 Å². The topological polar surface area (TPSA) is 69.6 Å². The Morgan fingerprint density at radius 3 is 2.80 bits per heavy atom. The third kappa shape index (κ3) is 6.34. The number of carbonyl (C=O) groups is 2. The molecule has 0 atom stereocenters. The Labute approximate surface area is 214 Å². The van der Waals surface area contributed by atoms with Crippen LogP contribution < -0.4 is 10.2 Å². The van der Waals surface area contributed by atoms with Gasteiger partial charge in [-0.25, -0.2) is 0 Å². The summed E-state index contributed by atoms with van der Waals surface area (Å²) in [5, 5.41) is 15.8. The molecule has 35 heavy (non-hydrogen) atoms. The Bertz CT molecular complexity index is 1270. The first-order valence-corrected chi connectivity index (χ1v) is 12.6. The fraction of sp³-hybridized carbons (Fsp3) is 0.214. The number of hydrogen-bond acceptors (Lipinski definition) is 5. The predicted molar refractivity (Wildman–Crippen MR) is 144 cm³/mol. The maximum Gasteiger partial charge on any atom is 0.224 e. The van der Waals surface area contributed by atoms with Gasteiger partial charge in [-0.05, 0) is 66.7 Å². The first kappa shape index (κ1) is 25.0. The molecule has 180 valence electrons. The van der Waals surface area contributed by atoms with Crippen molar-refractivity contribution in [3.05, 3.63) is 105 Å². The second kappa shape index (κ2) is 10.7. The fourth-order valence-electron chi connectivity index (χ4n) is 4.00. The number of benzene rings is 2. The molecule has 2 aromatic rings. The first-order valence-electron chi connectivity index (χ1n) is 11.3. The minimum atomic E-state index is -0.978. The summed E-state index contributed by atoms with van der Waals surface area (Å²) in [5.41, 5.74) is 3.12. The number of aliphatic hydroxyl groups is 1. The molecule has 7 heteroatoms. The third-order valence-corrected chi connectivity index (χ3v) is 6.96. The number of ketones is 1. The highest BCUT2D eigenvalue weighted by Gasteiger charge is 2.20. The van der Waals surface area contributed by atoms with Crippen molar-refractivity contribution in [1.29, 1.82) is 0 Å². The van der Waals surface area contributed by atoms with Crippen LogP contribution in [-0.4, -0.2) is 16.8 Å². The molecule has 1 aliphatic heterocycles. The molecule has 0 saturated heterocycles. The summed E-state index contributed by atoms with van der Waals surface area (Å²) < 4.78 is 0. The zero-order chi connectivity index (χ0) is 25.0. The van der Waals surface area contributed by atoms with Gasteiger partial charge in [0.05, 0.1) is 16.3 Å². The first-order chi connectivity index (χ1) is 16.7. The molecule has 0 bridgehead atoms. The average molecular weight is 507 g/mol. The summed E-state index contributed by atoms with van der Waals surface area (Å²) in [5.74, 6) is -0.0694. The van der Waals surface area contributed by atoms with Gasteiger partial charge in [0.25, 0.3) is 0 Å². The molecule has 2 aliphatic rings. The van der Waals surface area contributed by atoms with Crippen molar-refractivity contribution in [2.24, 2.45) is 0 Å². The SMILES string of the molecule is CC(C)(O)c1ccccc1CCC(=O)Nc1cc(N2C=CSC(C3=CC=CC(=O)C3)=C2)ccc1Cl. The van der Waals surface area contributed by atoms with Gasteiger partial charge in [0.2, 0.25) is 5.91 Å². The number of thioether (sulfide) groups is 1. The van der Waals surface area contributed by atoms with Gasteiger partial charge in [-0.3, -0.25) is 9.59 Å². The van der Waals surface area contributed by atoms with E-state index >= 15 is 0 Å². The minimum absolute atomic E-state index is 0.0896. The lowest BCUT2D eigenvalue weighted by molar-refractivity contribution is -0.116. The van der Waals surface area contributed by atoms with Gasteiger partial charge in [-0.1, -0.05) is 59.8 Å². The number of aryl methyl sites for hydroxylation is 1. The molecular formula is C28H27ClN2O3S. The number of nitrogens with one attached hydrogen (secondary N) is 1. The van der Waals surface area contributed by atoms with Crippen LogP contribution in [0.1, 0.15) is 37.8 Å². The van der Waals surface area contributed by atoms with Crippen LogP contribution in [0.25, 0.3) is 0 Å². The maximum absolute atomic E-state index is 12.8. The van der Waals surface area contributed by atoms with Gasteiger partial charge in [0.1, 0.15) is 0 Å². The Hall–Kier alpha value is -3.06. The summed E-state index contributed by atoms with van der Waals surface area (Å²) >= 11 is 7.96. The monoisotopic (exact) mass is 506 g/mol. The normalized spacial score (nSPS) is 15.7. The van der Waals surface area contributed by atoms with E-state index in [-0.39, 0.29) is 18.1 Å². The number of carbonyl (C=O) groups excluding carboxylic acids is 2. The Balaban J connectivity index is 1.46. The van der Waals surface area contributed by atoms with Crippen molar-refractivity contribution in [1.82, 2.24) is 0 Å². The Kier molecular flexibility index (Phi) is 7.65. The van der Waals surface area contributed by atoms with E-state index in [0.29, 0.717) is 23.6 Å². The largest absolute Gasteiger partial charge is 0.386 e. The second-order valence-electron chi connectivity index (χ2n) is 8.93. The lowest BCUT2D eigenvalue weighted by Crippen LogP contribution is -2.19. The van der Waals surface area contributed by atoms with Crippen LogP contribution in [0.5, 0.6) is 0 Å². The van der Waals surface area contributed by atoms with Crippen molar-refractivity contribution in [2.75, 3.05) is 10.2 Å². The van der Waals surface area contributed by atoms with Gasteiger partial charge >= 0.3 is 0 Å². The van der Waals surface area contributed by atoms with E-state index in [1.807, 2.05) is 65.2 Å². The zero-order valence-corrected chi connectivity index (χ0v) is 21.2. The molecule has 5 nitrogen and oxygen atoms in total. The molecule has 0 spiro atoms. The van der Waals surface area contributed by atoms with Gasteiger partial charge in [-0.15, -0.1) is 0 Å². The number of allylic oxidation sites excluding steroid dienone is 4. The van der Waals surface area contributed by atoms with Gasteiger partial charge < -0.3 is 15.3 Å². The molecule has 1 amide bonds. The van der Waals surface area contributed by atoms with E-state index in [0.717, 1.165) is 27.3 Å². The van der Waals surface area contributed by atoms with Crippen molar-refractivity contribution < 1.29 is 14.7 Å². The van der Waals surface area contributed by atoms with Crippen LogP contribution >= 0.6 is 23.4 Å². The molecule has 0 aromatic heterocycles. The smallest absolute Gasteiger partial charge is 0.224 e. The molecule has 0 radical (unpaired) electrons. The third-order valence-electron chi connectivity index (χ3n) is 5.75. The van der Waals surface area contributed by atoms with Gasteiger partial charge in [0, 0.05) is 35.8 Å². The second-order valence-corrected chi connectivity index (χ2v) is 10.3. The molecule has 2 aromatic carbocycles. The highest BCUT2D eigenvalue weighted by molar-refractivity contribution is 8.06. The number of rotatable bonds is 7. The van der Waals surface area contributed by atoms with Crippen LogP contribution in [0.2, 0.25) is 5.02 Å². The standard InChI is InChI=1S/C28H27ClN2O3S/c1-28(2,34)23-9-4-3-6-19(23)10-13-27(33)30-25-17-21(11-12-24(25)29)31-14-15-35-26(18-31)20-7-5-8-22(32)16-20/h3-9,11-12,14-15,17-18,34H,10,13,16H2,1-2H3,(H,30,33). The number of halogens is 1. The Morgan fingerprint density at radius 2 is 2.03 bits per heavy atom. The molecule has 0 fully saturated rings. The molecule has 0 unspecified atom stereocenters. The highest BCUT2D eigenvalue weighted by Crippen LogP contribution is 2.36. The highest BCUT2D eigenvalue weighted by atomic mass is 35.5. The molecule has 0 saturated carbocycles. The van der Waals surface area contributed by atoms with E-state index in [1.54, 1.807) is 43.8 Å². The van der Waals surface area contributed by atoms with E-state index in [2.05, 4.69) is 5.32 Å². The van der Waals surface area contributed by atoms with Crippen LogP contribution in [0.3, 0.4) is 0 Å². The minimum Gasteiger partial charge on any atom is -0.386 e. The van der Waals surface area contributed by atoms with Crippen molar-refractivity contribution in [3.63, 3.8) is 0 Å².